The van der Waals surface area contributed by atoms with Crippen molar-refractivity contribution in [3.8, 4) is 11.5 Å². The number of piperidine rings is 1. The van der Waals surface area contributed by atoms with Gasteiger partial charge in [0, 0.05) is 18.7 Å². The molecule has 6 heteroatoms. The monoisotopic (exact) mass is 396 g/mol. The van der Waals surface area contributed by atoms with Crippen LogP contribution in [0.4, 0.5) is 5.88 Å². The molecule has 3 aromatic rings. The molecule has 1 aliphatic rings. The molecule has 0 aliphatic carbocycles. The number of nitrogens with zero attached hydrogens (tertiary/aromatic N) is 2. The van der Waals surface area contributed by atoms with Crippen LogP contribution in [0.25, 0.3) is 11.5 Å². The van der Waals surface area contributed by atoms with E-state index in [9.17, 15) is 8.42 Å². The standard InChI is InChI=1S/C22H24N2O3S/c1-16-9-11-19(12-10-16)28(25,26)21-22(24-13-4-3-5-14-24)27-20(23-21)18-8-6-7-17(2)15-18/h6-12,15H,3-5,13-14H2,1-2H3. The molecule has 0 amide bonds. The number of hydrogen-bond donors (Lipinski definition) is 0. The average molecular weight is 397 g/mol. The molecule has 1 aromatic heterocycles. The number of hydrogen-bond acceptors (Lipinski definition) is 5. The van der Waals surface area contributed by atoms with Gasteiger partial charge in [-0.05, 0) is 57.4 Å². The van der Waals surface area contributed by atoms with Crippen LogP contribution >= 0.6 is 0 Å². The highest BCUT2D eigenvalue weighted by molar-refractivity contribution is 7.91. The first-order valence-corrected chi connectivity index (χ1v) is 11.1. The van der Waals surface area contributed by atoms with Gasteiger partial charge in [0.15, 0.2) is 0 Å². The Labute approximate surface area is 165 Å². The molecule has 1 fully saturated rings. The summed E-state index contributed by atoms with van der Waals surface area (Å²) < 4.78 is 32.8. The second-order valence-corrected chi connectivity index (χ2v) is 9.23. The van der Waals surface area contributed by atoms with Crippen molar-refractivity contribution in [2.45, 2.75) is 43.0 Å². The Morgan fingerprint density at radius 1 is 0.929 bits per heavy atom. The predicted molar refractivity (Wildman–Crippen MR) is 109 cm³/mol. The first kappa shape index (κ1) is 18.7. The zero-order chi connectivity index (χ0) is 19.7. The van der Waals surface area contributed by atoms with E-state index in [4.69, 9.17) is 4.42 Å². The molecule has 0 saturated carbocycles. The summed E-state index contributed by atoms with van der Waals surface area (Å²) in [4.78, 5) is 6.72. The van der Waals surface area contributed by atoms with Crippen LogP contribution in [0.2, 0.25) is 0 Å². The molecule has 5 nitrogen and oxygen atoms in total. The molecule has 1 aliphatic heterocycles. The van der Waals surface area contributed by atoms with Gasteiger partial charge in [-0.2, -0.15) is 4.98 Å². The van der Waals surface area contributed by atoms with E-state index in [1.54, 1.807) is 24.3 Å². The Hall–Kier alpha value is -2.60. The summed E-state index contributed by atoms with van der Waals surface area (Å²) in [6.45, 7) is 5.47. The van der Waals surface area contributed by atoms with E-state index in [-0.39, 0.29) is 9.92 Å². The molecule has 0 spiro atoms. The lowest BCUT2D eigenvalue weighted by molar-refractivity contribution is 0.499. The minimum absolute atomic E-state index is 0.00904. The third-order valence-electron chi connectivity index (χ3n) is 5.07. The summed E-state index contributed by atoms with van der Waals surface area (Å²) in [5.74, 6) is 0.701. The molecular weight excluding hydrogens is 372 g/mol. The molecule has 0 radical (unpaired) electrons. The van der Waals surface area contributed by atoms with Crippen LogP contribution in [0.5, 0.6) is 0 Å². The van der Waals surface area contributed by atoms with Crippen LogP contribution in [0.1, 0.15) is 30.4 Å². The quantitative estimate of drug-likeness (QED) is 0.635. The molecule has 0 atom stereocenters. The SMILES string of the molecule is Cc1ccc(S(=O)(=O)c2nc(-c3cccc(C)c3)oc2N2CCCCC2)cc1. The normalized spacial score (nSPS) is 15.0. The van der Waals surface area contributed by atoms with Crippen molar-refractivity contribution in [2.24, 2.45) is 0 Å². The Bertz CT molecular complexity index is 1080. The summed E-state index contributed by atoms with van der Waals surface area (Å²) in [7, 11) is -3.78. The summed E-state index contributed by atoms with van der Waals surface area (Å²) >= 11 is 0. The van der Waals surface area contributed by atoms with Gasteiger partial charge in [-0.1, -0.05) is 35.4 Å². The average Bonchev–Trinajstić information content (AvgIpc) is 3.15. The third-order valence-corrected chi connectivity index (χ3v) is 6.74. The Morgan fingerprint density at radius 3 is 2.32 bits per heavy atom. The summed E-state index contributed by atoms with van der Waals surface area (Å²) in [5.41, 5.74) is 2.86. The van der Waals surface area contributed by atoms with E-state index in [0.29, 0.717) is 11.8 Å². The van der Waals surface area contributed by atoms with E-state index in [1.807, 2.05) is 43.0 Å². The van der Waals surface area contributed by atoms with Crippen LogP contribution in [0.15, 0.2) is 62.9 Å². The third kappa shape index (κ3) is 3.56. The second kappa shape index (κ2) is 7.43. The summed E-state index contributed by atoms with van der Waals surface area (Å²) in [5, 5.41) is 0.00904. The van der Waals surface area contributed by atoms with Crippen LogP contribution in [0, 0.1) is 13.8 Å². The van der Waals surface area contributed by atoms with Crippen molar-refractivity contribution in [3.63, 3.8) is 0 Å². The van der Waals surface area contributed by atoms with Gasteiger partial charge in [-0.15, -0.1) is 0 Å². The molecule has 0 N–H and O–H groups in total. The number of aromatic nitrogens is 1. The largest absolute Gasteiger partial charge is 0.419 e. The van der Waals surface area contributed by atoms with Gasteiger partial charge in [-0.3, -0.25) is 0 Å². The number of sulfone groups is 1. The minimum atomic E-state index is -3.78. The lowest BCUT2D eigenvalue weighted by atomic mass is 10.1. The second-order valence-electron chi connectivity index (χ2n) is 7.36. The first-order valence-electron chi connectivity index (χ1n) is 9.60. The summed E-state index contributed by atoms with van der Waals surface area (Å²) in [6.07, 6.45) is 3.18. The zero-order valence-corrected chi connectivity index (χ0v) is 17.0. The van der Waals surface area contributed by atoms with Crippen molar-refractivity contribution in [1.82, 2.24) is 4.98 Å². The van der Waals surface area contributed by atoms with E-state index in [1.165, 1.54) is 0 Å². The maximum atomic E-state index is 13.4. The highest BCUT2D eigenvalue weighted by atomic mass is 32.2. The molecular formula is C22H24N2O3S. The highest BCUT2D eigenvalue weighted by Gasteiger charge is 2.31. The topological polar surface area (TPSA) is 63.4 Å². The maximum absolute atomic E-state index is 13.4. The molecule has 0 bridgehead atoms. The van der Waals surface area contributed by atoms with E-state index in [0.717, 1.165) is 49.0 Å². The van der Waals surface area contributed by atoms with Crippen molar-refractivity contribution in [3.05, 3.63) is 59.7 Å². The Balaban J connectivity index is 1.85. The maximum Gasteiger partial charge on any atom is 0.236 e. The number of benzene rings is 2. The van der Waals surface area contributed by atoms with Gasteiger partial charge < -0.3 is 9.32 Å². The fourth-order valence-electron chi connectivity index (χ4n) is 3.50. The number of anilines is 1. The molecule has 2 aromatic carbocycles. The first-order chi connectivity index (χ1) is 13.4. The number of rotatable bonds is 4. The Morgan fingerprint density at radius 2 is 1.64 bits per heavy atom. The summed E-state index contributed by atoms with van der Waals surface area (Å²) in [6, 6.07) is 14.6. The van der Waals surface area contributed by atoms with Crippen LogP contribution < -0.4 is 4.90 Å². The van der Waals surface area contributed by atoms with Gasteiger partial charge in [-0.25, -0.2) is 8.42 Å². The molecule has 4 rings (SSSR count). The van der Waals surface area contributed by atoms with E-state index < -0.39 is 9.84 Å². The van der Waals surface area contributed by atoms with E-state index in [2.05, 4.69) is 4.98 Å². The minimum Gasteiger partial charge on any atom is -0.419 e. The smallest absolute Gasteiger partial charge is 0.236 e. The lowest BCUT2D eigenvalue weighted by Gasteiger charge is -2.26. The van der Waals surface area contributed by atoms with Crippen molar-refractivity contribution in [2.75, 3.05) is 18.0 Å². The van der Waals surface area contributed by atoms with Gasteiger partial charge >= 0.3 is 0 Å². The van der Waals surface area contributed by atoms with Crippen LogP contribution in [-0.2, 0) is 9.84 Å². The van der Waals surface area contributed by atoms with Crippen LogP contribution in [-0.4, -0.2) is 26.5 Å². The lowest BCUT2D eigenvalue weighted by Crippen LogP contribution is -2.30. The van der Waals surface area contributed by atoms with Gasteiger partial charge in [0.2, 0.25) is 26.6 Å². The van der Waals surface area contributed by atoms with Crippen molar-refractivity contribution in [1.29, 1.82) is 0 Å². The molecule has 146 valence electrons. The van der Waals surface area contributed by atoms with Gasteiger partial charge in [0.25, 0.3) is 0 Å². The zero-order valence-electron chi connectivity index (χ0n) is 16.2. The number of oxazole rings is 1. The van der Waals surface area contributed by atoms with Crippen molar-refractivity contribution >= 4 is 15.7 Å². The highest BCUT2D eigenvalue weighted by Crippen LogP contribution is 2.36. The molecule has 2 heterocycles. The van der Waals surface area contributed by atoms with E-state index >= 15 is 0 Å². The number of aryl methyl sites for hydroxylation is 2. The van der Waals surface area contributed by atoms with Crippen LogP contribution in [0.3, 0.4) is 0 Å². The van der Waals surface area contributed by atoms with Gasteiger partial charge in [0.05, 0.1) is 4.90 Å². The molecule has 1 saturated heterocycles. The van der Waals surface area contributed by atoms with Gasteiger partial charge in [0.1, 0.15) is 0 Å². The Kier molecular flexibility index (Phi) is 4.98. The fraction of sp³-hybridized carbons (Fsp3) is 0.318. The van der Waals surface area contributed by atoms with Crippen molar-refractivity contribution < 1.29 is 12.8 Å². The fourth-order valence-corrected chi connectivity index (χ4v) is 4.82. The predicted octanol–water partition coefficient (Wildman–Crippen LogP) is 4.78. The molecule has 0 unspecified atom stereocenters. The molecule has 28 heavy (non-hydrogen) atoms.